The maximum Gasteiger partial charge on any atom is 1.00 e. The topological polar surface area (TPSA) is 63.3 Å². The van der Waals surface area contributed by atoms with E-state index in [0.29, 0.717) is 0 Å². The molecule has 0 amide bonds. The molecule has 0 aliphatic heterocycles. The minimum Gasteiger partial charge on any atom is -1.00 e. The Kier molecular flexibility index (Phi) is 23.3. The molecule has 0 aliphatic carbocycles. The molecule has 0 aromatic heterocycles. The molecule has 40 valence electrons. The van der Waals surface area contributed by atoms with Gasteiger partial charge in [-0.05, 0) is 0 Å². The summed E-state index contributed by atoms with van der Waals surface area (Å²) in [6, 6.07) is 0. The molecule has 0 fully saturated rings. The summed E-state index contributed by atoms with van der Waals surface area (Å²) in [5.74, 6) is -0.968. The van der Waals surface area contributed by atoms with Crippen LogP contribution in [0, 0.1) is 0 Å². The molecule has 7 heavy (non-hydrogen) atoms. The van der Waals surface area contributed by atoms with Crippen molar-refractivity contribution < 1.29 is 62.7 Å². The molecule has 0 unspecified atom stereocenters. The Balaban J connectivity index is -0.0000000267. The van der Waals surface area contributed by atoms with E-state index in [9.17, 15) is 4.79 Å². The van der Waals surface area contributed by atoms with Crippen molar-refractivity contribution in [1.29, 1.82) is 0 Å². The van der Waals surface area contributed by atoms with Crippen LogP contribution in [0.15, 0.2) is 0 Å². The van der Waals surface area contributed by atoms with Crippen molar-refractivity contribution in [3.8, 4) is 0 Å². The third kappa shape index (κ3) is 18.7. The average Bonchev–Trinajstić information content (AvgIpc) is 1.38. The summed E-state index contributed by atoms with van der Waals surface area (Å²) in [5, 5.41) is 7.60. The Bertz CT molecular complexity index is 55.3. The van der Waals surface area contributed by atoms with Gasteiger partial charge in [0, 0.05) is 0 Å². The molecule has 3 nitrogen and oxygen atoms in total. The van der Waals surface area contributed by atoms with Crippen molar-refractivity contribution in [3.63, 3.8) is 0 Å². The molecule has 0 saturated heterocycles. The molecule has 0 heterocycles. The SMILES string of the molecule is Cl.NCC(=O)O.[H-].[K+]. The Morgan fingerprint density at radius 3 is 2.00 bits per heavy atom. The van der Waals surface area contributed by atoms with Crippen LogP contribution < -0.4 is 57.1 Å². The monoisotopic (exact) mass is 151 g/mol. The molecule has 0 atom stereocenters. The van der Waals surface area contributed by atoms with Crippen LogP contribution in [0.2, 0.25) is 0 Å². The van der Waals surface area contributed by atoms with Gasteiger partial charge in [0.15, 0.2) is 0 Å². The van der Waals surface area contributed by atoms with Gasteiger partial charge in [0.05, 0.1) is 6.54 Å². The third-order valence-corrected chi connectivity index (χ3v) is 0.175. The van der Waals surface area contributed by atoms with E-state index in [1.165, 1.54) is 0 Å². The van der Waals surface area contributed by atoms with E-state index in [2.05, 4.69) is 5.73 Å². The molecule has 0 aromatic rings. The summed E-state index contributed by atoms with van der Waals surface area (Å²) in [7, 11) is 0. The second kappa shape index (κ2) is 10.4. The van der Waals surface area contributed by atoms with Crippen LogP contribution in [0.5, 0.6) is 0 Å². The van der Waals surface area contributed by atoms with Gasteiger partial charge in [0.1, 0.15) is 0 Å². The van der Waals surface area contributed by atoms with Crippen LogP contribution >= 0.6 is 12.4 Å². The summed E-state index contributed by atoms with van der Waals surface area (Å²) in [4.78, 5) is 9.24. The number of carboxylic acid groups (broad SMARTS) is 1. The van der Waals surface area contributed by atoms with Gasteiger partial charge in [-0.15, -0.1) is 12.4 Å². The number of carbonyl (C=O) groups is 1. The smallest absolute Gasteiger partial charge is 1.00 e. The molecule has 0 rings (SSSR count). The number of hydrogen-bond donors (Lipinski definition) is 2. The maximum atomic E-state index is 9.24. The maximum absolute atomic E-state index is 9.24. The summed E-state index contributed by atoms with van der Waals surface area (Å²) < 4.78 is 0. The van der Waals surface area contributed by atoms with Gasteiger partial charge in [0.25, 0.3) is 0 Å². The second-order valence-electron chi connectivity index (χ2n) is 0.598. The zero-order valence-corrected chi connectivity index (χ0v) is 7.99. The van der Waals surface area contributed by atoms with Crippen molar-refractivity contribution in [2.24, 2.45) is 5.73 Å². The van der Waals surface area contributed by atoms with Crippen LogP contribution in [0.1, 0.15) is 1.43 Å². The van der Waals surface area contributed by atoms with E-state index in [1.807, 2.05) is 0 Å². The molecule has 0 radical (unpaired) electrons. The van der Waals surface area contributed by atoms with Gasteiger partial charge < -0.3 is 12.3 Å². The van der Waals surface area contributed by atoms with E-state index >= 15 is 0 Å². The van der Waals surface area contributed by atoms with Gasteiger partial charge in [0.2, 0.25) is 0 Å². The van der Waals surface area contributed by atoms with Gasteiger partial charge in [-0.1, -0.05) is 0 Å². The standard InChI is InChI=1S/C2H5NO2.ClH.K.H/c3-1-2(4)5;;;/h1,3H2,(H,4,5);1H;;/q;;+1;-1. The molecule has 0 bridgehead atoms. The quantitative estimate of drug-likeness (QED) is 0.384. The van der Waals surface area contributed by atoms with Gasteiger partial charge in [-0.2, -0.15) is 0 Å². The molecule has 0 saturated carbocycles. The number of hydrogen-bond acceptors (Lipinski definition) is 2. The molecule has 0 aliphatic rings. The second-order valence-corrected chi connectivity index (χ2v) is 0.598. The summed E-state index contributed by atoms with van der Waals surface area (Å²) in [6.07, 6.45) is 0. The number of rotatable bonds is 1. The van der Waals surface area contributed by atoms with Gasteiger partial charge >= 0.3 is 57.4 Å². The predicted octanol–water partition coefficient (Wildman–Crippen LogP) is -3.43. The minimum absolute atomic E-state index is 0. The summed E-state index contributed by atoms with van der Waals surface area (Å²) in [5.41, 5.74) is 4.57. The Morgan fingerprint density at radius 1 is 1.86 bits per heavy atom. The van der Waals surface area contributed by atoms with E-state index in [0.717, 1.165) is 0 Å². The summed E-state index contributed by atoms with van der Waals surface area (Å²) in [6.45, 7) is -0.278. The Morgan fingerprint density at radius 2 is 2.00 bits per heavy atom. The number of carboxylic acids is 1. The van der Waals surface area contributed by atoms with Crippen LogP contribution in [-0.2, 0) is 4.79 Å². The molecule has 0 aromatic carbocycles. The fourth-order valence-corrected chi connectivity index (χ4v) is 0. The Hall–Kier alpha value is 1.36. The van der Waals surface area contributed by atoms with Crippen molar-refractivity contribution >= 4 is 18.4 Å². The average molecular weight is 152 g/mol. The minimum atomic E-state index is -0.968. The fourth-order valence-electron chi connectivity index (χ4n) is 0. The molecule has 5 heteroatoms. The third-order valence-electron chi connectivity index (χ3n) is 0.175. The number of aliphatic carboxylic acids is 1. The predicted molar refractivity (Wildman–Crippen MR) is 25.1 cm³/mol. The molecule has 3 N–H and O–H groups in total. The Labute approximate surface area is 92.0 Å². The van der Waals surface area contributed by atoms with E-state index in [-0.39, 0.29) is 71.8 Å². The first-order chi connectivity index (χ1) is 2.27. The van der Waals surface area contributed by atoms with Crippen LogP contribution in [-0.4, -0.2) is 17.6 Å². The first-order valence-corrected chi connectivity index (χ1v) is 1.19. The normalized spacial score (nSPS) is 5.29. The van der Waals surface area contributed by atoms with Crippen molar-refractivity contribution in [3.05, 3.63) is 0 Å². The van der Waals surface area contributed by atoms with Crippen LogP contribution in [0.4, 0.5) is 0 Å². The van der Waals surface area contributed by atoms with E-state index in [4.69, 9.17) is 5.11 Å². The molecule has 0 spiro atoms. The van der Waals surface area contributed by atoms with Gasteiger partial charge in [-0.25, -0.2) is 0 Å². The van der Waals surface area contributed by atoms with Crippen molar-refractivity contribution in [1.82, 2.24) is 0 Å². The van der Waals surface area contributed by atoms with Gasteiger partial charge in [-0.3, -0.25) is 4.79 Å². The number of halogens is 1. The zero-order chi connectivity index (χ0) is 4.28. The molecular weight excluding hydrogens is 145 g/mol. The van der Waals surface area contributed by atoms with E-state index < -0.39 is 5.97 Å². The van der Waals surface area contributed by atoms with Crippen LogP contribution in [0.25, 0.3) is 0 Å². The first-order valence-electron chi connectivity index (χ1n) is 1.19. The molecular formula is C2H7ClKNO2. The van der Waals surface area contributed by atoms with E-state index in [1.54, 1.807) is 0 Å². The number of nitrogens with two attached hydrogens (primary N) is 1. The van der Waals surface area contributed by atoms with Crippen LogP contribution in [0.3, 0.4) is 0 Å². The largest absolute Gasteiger partial charge is 1.00 e. The zero-order valence-electron chi connectivity index (χ0n) is 5.05. The fraction of sp³-hybridized carbons (Fsp3) is 0.500. The van der Waals surface area contributed by atoms with Crippen molar-refractivity contribution in [2.75, 3.05) is 6.54 Å². The first kappa shape index (κ1) is 15.8. The van der Waals surface area contributed by atoms with Crippen molar-refractivity contribution in [2.45, 2.75) is 0 Å². The summed E-state index contributed by atoms with van der Waals surface area (Å²) >= 11 is 0.